The van der Waals surface area contributed by atoms with Crippen LogP contribution in [-0.2, 0) is 22.4 Å². The molecule has 0 fully saturated rings. The summed E-state index contributed by atoms with van der Waals surface area (Å²) in [5, 5.41) is 9.50. The maximum Gasteiger partial charge on any atom is 0.254 e. The zero-order chi connectivity index (χ0) is 19.1. The third kappa shape index (κ3) is 5.30. The molecule has 7 heteroatoms. The molecule has 3 N–H and O–H groups in total. The molecule has 1 aromatic rings. The van der Waals surface area contributed by atoms with Crippen molar-refractivity contribution in [2.75, 3.05) is 11.9 Å². The maximum absolute atomic E-state index is 12.8. The molecule has 0 saturated carbocycles. The van der Waals surface area contributed by atoms with Crippen molar-refractivity contribution in [1.29, 1.82) is 0 Å². The summed E-state index contributed by atoms with van der Waals surface area (Å²) < 4.78 is 0. The Bertz CT molecular complexity index is 669. The molecular formula is C19H29N3O3S. The zero-order valence-corrected chi connectivity index (χ0v) is 16.7. The van der Waals surface area contributed by atoms with E-state index in [0.717, 1.165) is 42.5 Å². The van der Waals surface area contributed by atoms with Crippen molar-refractivity contribution in [3.05, 3.63) is 16.0 Å². The van der Waals surface area contributed by atoms with Crippen LogP contribution in [0.25, 0.3) is 0 Å². The van der Waals surface area contributed by atoms with Gasteiger partial charge in [0.15, 0.2) is 0 Å². The number of amides is 3. The van der Waals surface area contributed by atoms with E-state index >= 15 is 0 Å². The number of hydrogen-bond donors (Lipinski definition) is 3. The minimum absolute atomic E-state index is 0.0379. The summed E-state index contributed by atoms with van der Waals surface area (Å²) in [5.74, 6) is -0.252. The van der Waals surface area contributed by atoms with Crippen LogP contribution >= 0.6 is 11.3 Å². The molecule has 0 bridgehead atoms. The molecule has 1 unspecified atom stereocenters. The lowest BCUT2D eigenvalue weighted by Gasteiger charge is -2.23. The first kappa shape index (κ1) is 20.4. The molecule has 0 spiro atoms. The van der Waals surface area contributed by atoms with Crippen LogP contribution in [0.15, 0.2) is 0 Å². The fourth-order valence-electron chi connectivity index (χ4n) is 3.21. The van der Waals surface area contributed by atoms with Gasteiger partial charge in [-0.05, 0) is 37.7 Å². The topological polar surface area (TPSA) is 87.3 Å². The van der Waals surface area contributed by atoms with E-state index in [9.17, 15) is 14.4 Å². The van der Waals surface area contributed by atoms with Crippen molar-refractivity contribution in [2.24, 2.45) is 0 Å². The number of fused-ring (bicyclic) bond motifs is 1. The Morgan fingerprint density at radius 3 is 2.62 bits per heavy atom. The SMILES string of the molecule is CCCCNC(=O)c1c(NC(=O)CCC)sc2c1CC(NC(C)=O)CC2. The van der Waals surface area contributed by atoms with Gasteiger partial charge in [0.1, 0.15) is 5.00 Å². The second-order valence-corrected chi connectivity index (χ2v) is 7.86. The van der Waals surface area contributed by atoms with Gasteiger partial charge in [0.25, 0.3) is 5.91 Å². The molecule has 0 aliphatic heterocycles. The van der Waals surface area contributed by atoms with Crippen molar-refractivity contribution in [3.8, 4) is 0 Å². The van der Waals surface area contributed by atoms with Gasteiger partial charge in [-0.3, -0.25) is 14.4 Å². The Morgan fingerprint density at radius 1 is 1.19 bits per heavy atom. The predicted octanol–water partition coefficient (Wildman–Crippen LogP) is 3.01. The number of anilines is 1. The van der Waals surface area contributed by atoms with Crippen LogP contribution in [0.4, 0.5) is 5.00 Å². The first-order chi connectivity index (χ1) is 12.5. The molecular weight excluding hydrogens is 350 g/mol. The van der Waals surface area contributed by atoms with Crippen LogP contribution in [0.5, 0.6) is 0 Å². The highest BCUT2D eigenvalue weighted by Gasteiger charge is 2.29. The van der Waals surface area contributed by atoms with Gasteiger partial charge in [-0.2, -0.15) is 0 Å². The largest absolute Gasteiger partial charge is 0.353 e. The molecule has 26 heavy (non-hydrogen) atoms. The van der Waals surface area contributed by atoms with E-state index < -0.39 is 0 Å². The number of rotatable bonds is 8. The van der Waals surface area contributed by atoms with Crippen LogP contribution in [-0.4, -0.2) is 30.3 Å². The Labute approximate surface area is 159 Å². The van der Waals surface area contributed by atoms with E-state index in [1.807, 2.05) is 6.92 Å². The average Bonchev–Trinajstić information content (AvgIpc) is 2.91. The first-order valence-corrected chi connectivity index (χ1v) is 10.3. The molecule has 144 valence electrons. The van der Waals surface area contributed by atoms with Crippen LogP contribution in [0.3, 0.4) is 0 Å². The van der Waals surface area contributed by atoms with Gasteiger partial charge < -0.3 is 16.0 Å². The normalized spacial score (nSPS) is 15.9. The van der Waals surface area contributed by atoms with E-state index in [2.05, 4.69) is 22.9 Å². The number of carbonyl (C=O) groups excluding carboxylic acids is 3. The number of thiophene rings is 1. The summed E-state index contributed by atoms with van der Waals surface area (Å²) in [6, 6.07) is 0.0379. The fraction of sp³-hybridized carbons (Fsp3) is 0.632. The van der Waals surface area contributed by atoms with Gasteiger partial charge >= 0.3 is 0 Å². The van der Waals surface area contributed by atoms with Gasteiger partial charge in [0.05, 0.1) is 5.56 Å². The molecule has 6 nitrogen and oxygen atoms in total. The van der Waals surface area contributed by atoms with Crippen molar-refractivity contribution in [3.63, 3.8) is 0 Å². The van der Waals surface area contributed by atoms with Crippen molar-refractivity contribution < 1.29 is 14.4 Å². The number of hydrogen-bond acceptors (Lipinski definition) is 4. The lowest BCUT2D eigenvalue weighted by atomic mass is 9.91. The van der Waals surface area contributed by atoms with Gasteiger partial charge in [0.2, 0.25) is 11.8 Å². The minimum atomic E-state index is -0.133. The third-order valence-corrected chi connectivity index (χ3v) is 5.65. The average molecular weight is 380 g/mol. The molecule has 1 aromatic heterocycles. The van der Waals surface area contributed by atoms with Crippen LogP contribution in [0, 0.1) is 0 Å². The molecule has 1 aliphatic carbocycles. The Morgan fingerprint density at radius 2 is 1.96 bits per heavy atom. The number of carbonyl (C=O) groups is 3. The molecule has 0 aromatic carbocycles. The molecule has 0 saturated heterocycles. The van der Waals surface area contributed by atoms with Crippen molar-refractivity contribution in [2.45, 2.75) is 71.8 Å². The quantitative estimate of drug-likeness (QED) is 0.607. The molecule has 1 heterocycles. The Kier molecular flexibility index (Phi) is 7.63. The van der Waals surface area contributed by atoms with Gasteiger partial charge in [-0.15, -0.1) is 11.3 Å². The van der Waals surface area contributed by atoms with Crippen LogP contribution in [0.1, 0.15) is 73.7 Å². The summed E-state index contributed by atoms with van der Waals surface area (Å²) in [4.78, 5) is 37.4. The smallest absolute Gasteiger partial charge is 0.254 e. The predicted molar refractivity (Wildman–Crippen MR) is 105 cm³/mol. The number of nitrogens with one attached hydrogen (secondary N) is 3. The number of aryl methyl sites for hydroxylation is 1. The lowest BCUT2D eigenvalue weighted by Crippen LogP contribution is -2.38. The second kappa shape index (κ2) is 9.71. The van der Waals surface area contributed by atoms with Gasteiger partial charge in [0, 0.05) is 30.8 Å². The van der Waals surface area contributed by atoms with Crippen LogP contribution < -0.4 is 16.0 Å². The standard InChI is InChI=1S/C19H29N3O3S/c1-4-6-10-20-18(25)17-14-11-13(21-12(3)23)8-9-15(14)26-19(17)22-16(24)7-5-2/h13H,4-11H2,1-3H3,(H,20,25)(H,21,23)(H,22,24). The molecule has 1 aliphatic rings. The van der Waals surface area contributed by atoms with Crippen molar-refractivity contribution >= 4 is 34.1 Å². The summed E-state index contributed by atoms with van der Waals surface area (Å²) in [5.41, 5.74) is 1.56. The highest BCUT2D eigenvalue weighted by atomic mass is 32.1. The second-order valence-electron chi connectivity index (χ2n) is 6.76. The fourth-order valence-corrected chi connectivity index (χ4v) is 4.46. The summed E-state index contributed by atoms with van der Waals surface area (Å²) in [6.45, 7) is 6.16. The van der Waals surface area contributed by atoms with Gasteiger partial charge in [-0.25, -0.2) is 0 Å². The Balaban J connectivity index is 2.27. The zero-order valence-electron chi connectivity index (χ0n) is 15.9. The minimum Gasteiger partial charge on any atom is -0.353 e. The summed E-state index contributed by atoms with van der Waals surface area (Å²) in [6.07, 6.45) is 5.42. The van der Waals surface area contributed by atoms with E-state index in [0.29, 0.717) is 30.0 Å². The van der Waals surface area contributed by atoms with Crippen molar-refractivity contribution in [1.82, 2.24) is 10.6 Å². The summed E-state index contributed by atoms with van der Waals surface area (Å²) in [7, 11) is 0. The Hall–Kier alpha value is -1.89. The summed E-state index contributed by atoms with van der Waals surface area (Å²) >= 11 is 1.50. The molecule has 2 rings (SSSR count). The molecule has 3 amide bonds. The lowest BCUT2D eigenvalue weighted by molar-refractivity contribution is -0.119. The molecule has 1 atom stereocenters. The monoisotopic (exact) mass is 379 g/mol. The van der Waals surface area contributed by atoms with Crippen LogP contribution in [0.2, 0.25) is 0 Å². The maximum atomic E-state index is 12.8. The highest BCUT2D eigenvalue weighted by molar-refractivity contribution is 7.17. The van der Waals surface area contributed by atoms with E-state index in [1.54, 1.807) is 0 Å². The van der Waals surface area contributed by atoms with E-state index in [-0.39, 0.29) is 23.8 Å². The third-order valence-electron chi connectivity index (χ3n) is 4.44. The van der Waals surface area contributed by atoms with Gasteiger partial charge in [-0.1, -0.05) is 20.3 Å². The first-order valence-electron chi connectivity index (χ1n) is 9.45. The van der Waals surface area contributed by atoms with E-state index in [1.165, 1.54) is 18.3 Å². The highest BCUT2D eigenvalue weighted by Crippen LogP contribution is 2.38. The molecule has 0 radical (unpaired) electrons. The van der Waals surface area contributed by atoms with E-state index in [4.69, 9.17) is 0 Å². The number of unbranched alkanes of at least 4 members (excludes halogenated alkanes) is 1.